The van der Waals surface area contributed by atoms with Crippen LogP contribution in [0.1, 0.15) is 31.2 Å². The van der Waals surface area contributed by atoms with Crippen molar-refractivity contribution >= 4 is 11.3 Å². The molecule has 0 radical (unpaired) electrons. The van der Waals surface area contributed by atoms with Crippen LogP contribution in [0.5, 0.6) is 0 Å². The maximum absolute atomic E-state index is 4.20. The molecule has 0 saturated heterocycles. The average Bonchev–Trinajstić information content (AvgIpc) is 2.66. The van der Waals surface area contributed by atoms with Crippen molar-refractivity contribution in [3.05, 3.63) is 41.0 Å². The van der Waals surface area contributed by atoms with E-state index in [2.05, 4.69) is 50.9 Å². The van der Waals surface area contributed by atoms with Crippen molar-refractivity contribution in [1.82, 2.24) is 4.98 Å². The molecule has 2 heterocycles. The van der Waals surface area contributed by atoms with E-state index in [0.717, 1.165) is 0 Å². The second-order valence-corrected chi connectivity index (χ2v) is 6.19. The molecule has 2 aromatic rings. The minimum atomic E-state index is 0.235. The fraction of sp³-hybridized carbons (Fsp3) is 0.357. The third-order valence-corrected chi connectivity index (χ3v) is 4.19. The van der Waals surface area contributed by atoms with Crippen molar-refractivity contribution in [1.29, 1.82) is 0 Å². The van der Waals surface area contributed by atoms with E-state index in [1.54, 1.807) is 0 Å². The lowest BCUT2D eigenvalue weighted by Gasteiger charge is -2.15. The molecule has 0 bridgehead atoms. The van der Waals surface area contributed by atoms with Gasteiger partial charge in [0.2, 0.25) is 0 Å². The third kappa shape index (κ3) is 2.17. The van der Waals surface area contributed by atoms with Crippen LogP contribution < -0.4 is 0 Å². The second kappa shape index (κ2) is 4.02. The summed E-state index contributed by atoms with van der Waals surface area (Å²) in [6, 6.07) is 6.49. The van der Waals surface area contributed by atoms with Crippen LogP contribution >= 0.6 is 11.3 Å². The topological polar surface area (TPSA) is 12.9 Å². The van der Waals surface area contributed by atoms with E-state index in [-0.39, 0.29) is 5.41 Å². The number of aryl methyl sites for hydroxylation is 1. The zero-order valence-corrected chi connectivity index (χ0v) is 11.1. The van der Waals surface area contributed by atoms with E-state index in [0.29, 0.717) is 0 Å². The van der Waals surface area contributed by atoms with Crippen LogP contribution in [-0.4, -0.2) is 4.98 Å². The van der Waals surface area contributed by atoms with Crippen molar-refractivity contribution in [3.8, 4) is 10.4 Å². The molecule has 0 spiro atoms. The highest BCUT2D eigenvalue weighted by Crippen LogP contribution is 2.35. The van der Waals surface area contributed by atoms with Gasteiger partial charge in [-0.15, -0.1) is 11.3 Å². The predicted molar refractivity (Wildman–Crippen MR) is 71.0 cm³/mol. The lowest BCUT2D eigenvalue weighted by atomic mass is 9.95. The van der Waals surface area contributed by atoms with Crippen LogP contribution in [0.3, 0.4) is 0 Å². The Labute approximate surface area is 101 Å². The zero-order valence-electron chi connectivity index (χ0n) is 10.2. The maximum Gasteiger partial charge on any atom is 0.0364 e. The molecule has 0 aromatic carbocycles. The summed E-state index contributed by atoms with van der Waals surface area (Å²) in [6.07, 6.45) is 3.80. The van der Waals surface area contributed by atoms with Crippen molar-refractivity contribution < 1.29 is 0 Å². The minimum absolute atomic E-state index is 0.235. The molecule has 2 rings (SSSR count). The largest absolute Gasteiger partial charge is 0.264 e. The van der Waals surface area contributed by atoms with Gasteiger partial charge >= 0.3 is 0 Å². The van der Waals surface area contributed by atoms with Crippen molar-refractivity contribution in [2.75, 3.05) is 0 Å². The van der Waals surface area contributed by atoms with Gasteiger partial charge in [-0.2, -0.15) is 0 Å². The van der Waals surface area contributed by atoms with Crippen LogP contribution in [0.4, 0.5) is 0 Å². The first-order valence-corrected chi connectivity index (χ1v) is 6.31. The molecule has 0 saturated carbocycles. The van der Waals surface area contributed by atoms with Crippen LogP contribution in [-0.2, 0) is 5.41 Å². The highest BCUT2D eigenvalue weighted by molar-refractivity contribution is 7.15. The van der Waals surface area contributed by atoms with E-state index >= 15 is 0 Å². The number of hydrogen-bond donors (Lipinski definition) is 0. The number of nitrogens with zero attached hydrogens (tertiary/aromatic N) is 1. The summed E-state index contributed by atoms with van der Waals surface area (Å²) in [6.45, 7) is 8.88. The molecule has 0 aliphatic carbocycles. The molecular weight excluding hydrogens is 214 g/mol. The van der Waals surface area contributed by atoms with Crippen LogP contribution in [0.15, 0.2) is 30.6 Å². The first-order chi connectivity index (χ1) is 7.48. The molecule has 0 N–H and O–H groups in total. The highest BCUT2D eigenvalue weighted by Gasteiger charge is 2.16. The standard InChI is InChI=1S/C14H17NS/c1-10-7-8-15-9-11(10)12-5-6-13(16-12)14(2,3)4/h5-9H,1-4H3. The fourth-order valence-electron chi connectivity index (χ4n) is 1.61. The number of rotatable bonds is 1. The van der Waals surface area contributed by atoms with Gasteiger partial charge in [0.1, 0.15) is 0 Å². The van der Waals surface area contributed by atoms with Gasteiger partial charge in [0.05, 0.1) is 0 Å². The van der Waals surface area contributed by atoms with Gasteiger partial charge in [-0.25, -0.2) is 0 Å². The van der Waals surface area contributed by atoms with Gasteiger partial charge in [0.15, 0.2) is 0 Å². The molecule has 0 unspecified atom stereocenters. The van der Waals surface area contributed by atoms with E-state index in [1.165, 1.54) is 20.9 Å². The molecule has 2 heteroatoms. The summed E-state index contributed by atoms with van der Waals surface area (Å²) in [5, 5.41) is 0. The molecule has 16 heavy (non-hydrogen) atoms. The fourth-order valence-corrected chi connectivity index (χ4v) is 2.75. The van der Waals surface area contributed by atoms with E-state index in [4.69, 9.17) is 0 Å². The SMILES string of the molecule is Cc1ccncc1-c1ccc(C(C)(C)C)s1. The Hall–Kier alpha value is -1.15. The highest BCUT2D eigenvalue weighted by atomic mass is 32.1. The van der Waals surface area contributed by atoms with E-state index in [9.17, 15) is 0 Å². The lowest BCUT2D eigenvalue weighted by Crippen LogP contribution is -2.07. The van der Waals surface area contributed by atoms with Gasteiger partial charge in [-0.05, 0) is 36.1 Å². The number of pyridine rings is 1. The molecule has 84 valence electrons. The summed E-state index contributed by atoms with van der Waals surface area (Å²) in [4.78, 5) is 6.94. The van der Waals surface area contributed by atoms with Crippen molar-refractivity contribution in [2.24, 2.45) is 0 Å². The first kappa shape index (κ1) is 11.3. The molecule has 1 nitrogen and oxygen atoms in total. The average molecular weight is 231 g/mol. The molecule has 0 amide bonds. The molecule has 2 aromatic heterocycles. The summed E-state index contributed by atoms with van der Waals surface area (Å²) in [5.41, 5.74) is 2.78. The molecule has 0 aliphatic heterocycles. The minimum Gasteiger partial charge on any atom is -0.264 e. The number of thiophene rings is 1. The van der Waals surface area contributed by atoms with Gasteiger partial charge in [-0.3, -0.25) is 4.98 Å². The Morgan fingerprint density at radius 1 is 1.12 bits per heavy atom. The van der Waals surface area contributed by atoms with Gasteiger partial charge in [-0.1, -0.05) is 20.8 Å². The molecule has 0 atom stereocenters. The summed E-state index contributed by atoms with van der Waals surface area (Å²) in [5.74, 6) is 0. The van der Waals surface area contributed by atoms with Crippen molar-refractivity contribution in [2.45, 2.75) is 33.1 Å². The monoisotopic (exact) mass is 231 g/mol. The first-order valence-electron chi connectivity index (χ1n) is 5.50. The summed E-state index contributed by atoms with van der Waals surface area (Å²) < 4.78 is 0. The number of hydrogen-bond acceptors (Lipinski definition) is 2. The van der Waals surface area contributed by atoms with Gasteiger partial charge in [0, 0.05) is 27.7 Å². The summed E-state index contributed by atoms with van der Waals surface area (Å²) >= 11 is 1.87. The van der Waals surface area contributed by atoms with Gasteiger partial charge < -0.3 is 0 Å². The van der Waals surface area contributed by atoms with Crippen LogP contribution in [0.2, 0.25) is 0 Å². The molecular formula is C14H17NS. The predicted octanol–water partition coefficient (Wildman–Crippen LogP) is 4.42. The summed E-state index contributed by atoms with van der Waals surface area (Å²) in [7, 11) is 0. The smallest absolute Gasteiger partial charge is 0.0364 e. The Morgan fingerprint density at radius 3 is 2.44 bits per heavy atom. The Balaban J connectivity index is 2.44. The van der Waals surface area contributed by atoms with E-state index in [1.807, 2.05) is 23.7 Å². The second-order valence-electron chi connectivity index (χ2n) is 5.10. The number of aromatic nitrogens is 1. The van der Waals surface area contributed by atoms with Crippen molar-refractivity contribution in [3.63, 3.8) is 0 Å². The maximum atomic E-state index is 4.20. The molecule has 0 fully saturated rings. The third-order valence-electron chi connectivity index (χ3n) is 2.65. The normalized spacial score (nSPS) is 11.8. The van der Waals surface area contributed by atoms with Crippen LogP contribution in [0.25, 0.3) is 10.4 Å². The Morgan fingerprint density at radius 2 is 1.88 bits per heavy atom. The zero-order chi connectivity index (χ0) is 11.8. The van der Waals surface area contributed by atoms with Gasteiger partial charge in [0.25, 0.3) is 0 Å². The van der Waals surface area contributed by atoms with E-state index < -0.39 is 0 Å². The Bertz CT molecular complexity index is 491. The molecule has 0 aliphatic rings. The lowest BCUT2D eigenvalue weighted by molar-refractivity contribution is 0.604. The Kier molecular flexibility index (Phi) is 2.85. The van der Waals surface area contributed by atoms with Crippen LogP contribution in [0, 0.1) is 6.92 Å². The quantitative estimate of drug-likeness (QED) is 0.708.